The maximum Gasteiger partial charge on any atom is 0.343 e. The molecule has 1 aromatic heterocycles. The van der Waals surface area contributed by atoms with Crippen LogP contribution < -0.4 is 15.2 Å². The van der Waals surface area contributed by atoms with Crippen molar-refractivity contribution in [3.63, 3.8) is 0 Å². The highest BCUT2D eigenvalue weighted by Gasteiger charge is 2.19. The molecule has 0 aliphatic rings. The molecule has 1 heterocycles. The van der Waals surface area contributed by atoms with Gasteiger partial charge in [0.05, 0.1) is 16.7 Å². The largest absolute Gasteiger partial charge is 0.482 e. The Bertz CT molecular complexity index is 1150. The number of benzene rings is 2. The van der Waals surface area contributed by atoms with Crippen molar-refractivity contribution in [2.24, 2.45) is 7.05 Å². The molecule has 0 unspecified atom stereocenters. The number of aromatic amines is 1. The van der Waals surface area contributed by atoms with E-state index in [0.29, 0.717) is 0 Å². The predicted molar refractivity (Wildman–Crippen MR) is 95.8 cm³/mol. The number of alkyl halides is 2. The molecule has 0 aliphatic heterocycles. The summed E-state index contributed by atoms with van der Waals surface area (Å²) in [6.45, 7) is -0.229. The number of nitrogens with one attached hydrogen (secondary N) is 1. The highest BCUT2D eigenvalue weighted by atomic mass is 35.5. The van der Waals surface area contributed by atoms with Crippen molar-refractivity contribution in [3.8, 4) is 23.3 Å². The third-order valence-corrected chi connectivity index (χ3v) is 4.17. The Kier molecular flexibility index (Phi) is 5.79. The van der Waals surface area contributed by atoms with Crippen LogP contribution in [0.3, 0.4) is 0 Å². The second-order valence-corrected chi connectivity index (χ2v) is 6.19. The lowest BCUT2D eigenvalue weighted by Crippen LogP contribution is -2.15. The quantitative estimate of drug-likeness (QED) is 0.643. The van der Waals surface area contributed by atoms with Gasteiger partial charge < -0.3 is 9.47 Å². The zero-order valence-corrected chi connectivity index (χ0v) is 15.5. The van der Waals surface area contributed by atoms with Gasteiger partial charge in [0.2, 0.25) is 5.82 Å². The van der Waals surface area contributed by atoms with Crippen molar-refractivity contribution in [1.82, 2.24) is 14.8 Å². The lowest BCUT2D eigenvalue weighted by Gasteiger charge is -2.13. The normalized spacial score (nSPS) is 10.8. The van der Waals surface area contributed by atoms with Gasteiger partial charge in [-0.15, -0.1) is 0 Å². The Balaban J connectivity index is 1.89. The van der Waals surface area contributed by atoms with Gasteiger partial charge in [0.1, 0.15) is 12.4 Å². The minimum atomic E-state index is -2.85. The fourth-order valence-corrected chi connectivity index (χ4v) is 2.54. The van der Waals surface area contributed by atoms with Crippen molar-refractivity contribution >= 4 is 11.6 Å². The number of aromatic nitrogens is 3. The van der Waals surface area contributed by atoms with Crippen LogP contribution in [0.25, 0.3) is 0 Å². The Morgan fingerprint density at radius 1 is 1.34 bits per heavy atom. The first-order valence-corrected chi connectivity index (χ1v) is 8.40. The summed E-state index contributed by atoms with van der Waals surface area (Å²) in [6.07, 6.45) is -2.85. The third kappa shape index (κ3) is 4.35. The summed E-state index contributed by atoms with van der Waals surface area (Å²) in [7, 11) is 1.46. The molecular weight excluding hydrogens is 413 g/mol. The first kappa shape index (κ1) is 20.3. The molecule has 1 N–H and O–H groups in total. The molecule has 0 radical (unpaired) electrons. The van der Waals surface area contributed by atoms with Gasteiger partial charge >= 0.3 is 5.69 Å². The van der Waals surface area contributed by atoms with E-state index in [0.717, 1.165) is 12.1 Å². The van der Waals surface area contributed by atoms with Crippen LogP contribution in [0.15, 0.2) is 35.1 Å². The Morgan fingerprint density at radius 2 is 2.10 bits per heavy atom. The average Bonchev–Trinajstić information content (AvgIpc) is 3.02. The minimum absolute atomic E-state index is 0.0822. The number of halogens is 4. The van der Waals surface area contributed by atoms with E-state index in [4.69, 9.17) is 26.3 Å². The van der Waals surface area contributed by atoms with Crippen molar-refractivity contribution in [1.29, 1.82) is 5.26 Å². The van der Waals surface area contributed by atoms with Crippen molar-refractivity contribution in [2.45, 2.75) is 13.0 Å². The number of hydrogen-bond acceptors (Lipinski definition) is 5. The van der Waals surface area contributed by atoms with Crippen LogP contribution in [0, 0.1) is 17.1 Å². The lowest BCUT2D eigenvalue weighted by molar-refractivity contribution is 0.151. The molecule has 0 aliphatic carbocycles. The van der Waals surface area contributed by atoms with E-state index in [2.05, 4.69) is 10.2 Å². The standard InChI is InChI=1S/C18H12ClF3N4O3/c1-26-14(24-25-18(26)27)8-28-13-3-2-12(19)16(15(13)20)29-11-5-9(7-23)4-10(6-11)17(21)22/h2-6,17H,8H2,1H3,(H,25,27). The first-order chi connectivity index (χ1) is 13.8. The van der Waals surface area contributed by atoms with Gasteiger partial charge in [-0.05, 0) is 30.3 Å². The molecule has 0 amide bonds. The van der Waals surface area contributed by atoms with E-state index >= 15 is 0 Å². The third-order valence-electron chi connectivity index (χ3n) is 3.87. The predicted octanol–water partition coefficient (Wildman–Crippen LogP) is 4.08. The van der Waals surface area contributed by atoms with Crippen LogP contribution in [0.5, 0.6) is 17.2 Å². The number of rotatable bonds is 6. The molecule has 3 aromatic rings. The molecule has 0 saturated carbocycles. The fourth-order valence-electron chi connectivity index (χ4n) is 2.36. The van der Waals surface area contributed by atoms with Crippen LogP contribution in [0.1, 0.15) is 23.4 Å². The van der Waals surface area contributed by atoms with E-state index < -0.39 is 29.2 Å². The highest BCUT2D eigenvalue weighted by Crippen LogP contribution is 2.38. The topological polar surface area (TPSA) is 92.9 Å². The van der Waals surface area contributed by atoms with Crippen molar-refractivity contribution < 1.29 is 22.6 Å². The van der Waals surface area contributed by atoms with Gasteiger partial charge in [-0.2, -0.15) is 14.8 Å². The zero-order valence-electron chi connectivity index (χ0n) is 14.7. The molecule has 0 spiro atoms. The van der Waals surface area contributed by atoms with Gasteiger partial charge in [-0.3, -0.25) is 4.57 Å². The summed E-state index contributed by atoms with van der Waals surface area (Å²) in [5.74, 6) is -1.68. The second kappa shape index (κ2) is 8.28. The summed E-state index contributed by atoms with van der Waals surface area (Å²) < 4.78 is 52.7. The molecule has 29 heavy (non-hydrogen) atoms. The summed E-state index contributed by atoms with van der Waals surface area (Å²) in [5.41, 5.74) is -1.000. The average molecular weight is 425 g/mol. The minimum Gasteiger partial charge on any atom is -0.482 e. The molecule has 0 saturated heterocycles. The van der Waals surface area contributed by atoms with Crippen LogP contribution in [0.2, 0.25) is 5.02 Å². The van der Waals surface area contributed by atoms with Crippen molar-refractivity contribution in [2.75, 3.05) is 0 Å². The smallest absolute Gasteiger partial charge is 0.343 e. The van der Waals surface area contributed by atoms with E-state index in [-0.39, 0.29) is 34.5 Å². The Morgan fingerprint density at radius 3 is 2.72 bits per heavy atom. The van der Waals surface area contributed by atoms with E-state index in [1.807, 2.05) is 0 Å². The van der Waals surface area contributed by atoms with Gasteiger partial charge in [0, 0.05) is 12.6 Å². The number of nitriles is 1. The second-order valence-electron chi connectivity index (χ2n) is 5.79. The highest BCUT2D eigenvalue weighted by molar-refractivity contribution is 6.32. The van der Waals surface area contributed by atoms with Crippen LogP contribution in [-0.4, -0.2) is 14.8 Å². The van der Waals surface area contributed by atoms with Crippen LogP contribution >= 0.6 is 11.6 Å². The lowest BCUT2D eigenvalue weighted by atomic mass is 10.1. The number of nitrogens with zero attached hydrogens (tertiary/aromatic N) is 3. The van der Waals surface area contributed by atoms with Gasteiger partial charge in [0.15, 0.2) is 17.3 Å². The molecular formula is C18H12ClF3N4O3. The molecule has 0 bridgehead atoms. The summed E-state index contributed by atoms with van der Waals surface area (Å²) in [6, 6.07) is 7.43. The number of ether oxygens (including phenoxy) is 2. The van der Waals surface area contributed by atoms with E-state index in [9.17, 15) is 18.0 Å². The van der Waals surface area contributed by atoms with Gasteiger partial charge in [-0.25, -0.2) is 18.7 Å². The maximum absolute atomic E-state index is 14.8. The molecule has 11 heteroatoms. The molecule has 0 fully saturated rings. The monoisotopic (exact) mass is 424 g/mol. The molecule has 7 nitrogen and oxygen atoms in total. The van der Waals surface area contributed by atoms with Gasteiger partial charge in [0.25, 0.3) is 6.43 Å². The molecule has 0 atom stereocenters. The molecule has 3 rings (SSSR count). The molecule has 150 valence electrons. The fraction of sp³-hybridized carbons (Fsp3) is 0.167. The van der Waals surface area contributed by atoms with Crippen LogP contribution in [-0.2, 0) is 13.7 Å². The van der Waals surface area contributed by atoms with Crippen LogP contribution in [0.4, 0.5) is 13.2 Å². The SMILES string of the molecule is Cn1c(COc2ccc(Cl)c(Oc3cc(C#N)cc(C(F)F)c3)c2F)n[nH]c1=O. The summed E-state index contributed by atoms with van der Waals surface area (Å²) >= 11 is 5.98. The van der Waals surface area contributed by atoms with E-state index in [1.54, 1.807) is 6.07 Å². The van der Waals surface area contributed by atoms with Crippen molar-refractivity contribution in [3.05, 3.63) is 68.6 Å². The summed E-state index contributed by atoms with van der Waals surface area (Å²) in [4.78, 5) is 11.3. The van der Waals surface area contributed by atoms with E-state index in [1.165, 1.54) is 29.8 Å². The summed E-state index contributed by atoms with van der Waals surface area (Å²) in [5, 5.41) is 14.8. The first-order valence-electron chi connectivity index (χ1n) is 8.02. The van der Waals surface area contributed by atoms with Gasteiger partial charge in [-0.1, -0.05) is 11.6 Å². The molecule has 2 aromatic carbocycles. The maximum atomic E-state index is 14.8. The Hall–Kier alpha value is -3.45. The zero-order chi connectivity index (χ0) is 21.1. The Labute approximate surface area is 166 Å². The number of hydrogen-bond donors (Lipinski definition) is 1. The number of H-pyrrole nitrogens is 1.